The molecule has 3 nitrogen and oxygen atoms in total. The van der Waals surface area contributed by atoms with E-state index in [9.17, 15) is 4.79 Å². The zero-order valence-corrected chi connectivity index (χ0v) is 10.8. The third kappa shape index (κ3) is 4.02. The Morgan fingerprint density at radius 1 is 1.35 bits per heavy atom. The van der Waals surface area contributed by atoms with Gasteiger partial charge in [-0.1, -0.05) is 24.3 Å². The molecule has 1 aromatic rings. The van der Waals surface area contributed by atoms with Gasteiger partial charge in [0.15, 0.2) is 0 Å². The second-order valence-corrected chi connectivity index (χ2v) is 4.13. The fourth-order valence-electron chi connectivity index (χ4n) is 2.06. The highest BCUT2D eigenvalue weighted by atomic mass is 35.5. The molecule has 0 radical (unpaired) electrons. The molecule has 17 heavy (non-hydrogen) atoms. The Balaban J connectivity index is 0.00000144. The van der Waals surface area contributed by atoms with Crippen LogP contribution in [0.15, 0.2) is 24.3 Å². The summed E-state index contributed by atoms with van der Waals surface area (Å²) >= 11 is 0. The van der Waals surface area contributed by atoms with Gasteiger partial charge < -0.3 is 4.74 Å². The summed E-state index contributed by atoms with van der Waals surface area (Å²) in [6.45, 7) is 4.80. The third-order valence-electron chi connectivity index (χ3n) is 2.92. The van der Waals surface area contributed by atoms with Crippen molar-refractivity contribution in [2.75, 3.05) is 19.7 Å². The van der Waals surface area contributed by atoms with Crippen LogP contribution < -0.4 is 0 Å². The molecule has 0 aromatic heterocycles. The summed E-state index contributed by atoms with van der Waals surface area (Å²) in [5.74, 6) is -0.197. The Labute approximate surface area is 108 Å². The van der Waals surface area contributed by atoms with Crippen LogP contribution in [-0.4, -0.2) is 30.6 Å². The molecule has 1 aromatic carbocycles. The van der Waals surface area contributed by atoms with E-state index >= 15 is 0 Å². The average Bonchev–Trinajstić information content (AvgIpc) is 2.28. The van der Waals surface area contributed by atoms with Crippen LogP contribution in [0.25, 0.3) is 0 Å². The fourth-order valence-corrected chi connectivity index (χ4v) is 2.06. The van der Waals surface area contributed by atoms with Crippen molar-refractivity contribution < 1.29 is 9.53 Å². The number of esters is 1. The molecule has 0 amide bonds. The van der Waals surface area contributed by atoms with Gasteiger partial charge in [0.2, 0.25) is 0 Å². The number of ether oxygens (including phenoxy) is 1. The van der Waals surface area contributed by atoms with E-state index in [4.69, 9.17) is 4.74 Å². The van der Waals surface area contributed by atoms with E-state index in [1.54, 1.807) is 0 Å². The molecule has 1 aliphatic rings. The third-order valence-corrected chi connectivity index (χ3v) is 2.92. The summed E-state index contributed by atoms with van der Waals surface area (Å²) in [5.41, 5.74) is 2.85. The number of benzene rings is 1. The van der Waals surface area contributed by atoms with E-state index < -0.39 is 0 Å². The normalized spacial score (nSPS) is 14.6. The van der Waals surface area contributed by atoms with Crippen LogP contribution >= 0.6 is 12.4 Å². The average molecular weight is 256 g/mol. The molecule has 2 rings (SSSR count). The Bertz CT molecular complexity index is 381. The lowest BCUT2D eigenvalue weighted by Crippen LogP contribution is -2.33. The topological polar surface area (TPSA) is 29.5 Å². The summed E-state index contributed by atoms with van der Waals surface area (Å²) < 4.78 is 4.95. The van der Waals surface area contributed by atoms with Gasteiger partial charge in [-0.3, -0.25) is 9.69 Å². The molecule has 0 atom stereocenters. The van der Waals surface area contributed by atoms with Crippen molar-refractivity contribution in [3.05, 3.63) is 35.4 Å². The molecular formula is C13H18ClNO2. The van der Waals surface area contributed by atoms with Crippen molar-refractivity contribution in [2.45, 2.75) is 19.9 Å². The first-order valence-corrected chi connectivity index (χ1v) is 5.68. The molecule has 94 valence electrons. The molecule has 1 aliphatic heterocycles. The number of fused-ring (bicyclic) bond motifs is 1. The molecule has 0 saturated heterocycles. The van der Waals surface area contributed by atoms with Crippen LogP contribution in [0, 0.1) is 0 Å². The van der Waals surface area contributed by atoms with Gasteiger partial charge >= 0.3 is 5.97 Å². The van der Waals surface area contributed by atoms with Crippen molar-refractivity contribution in [3.8, 4) is 0 Å². The largest absolute Gasteiger partial charge is 0.465 e. The molecule has 4 heteroatoms. The van der Waals surface area contributed by atoms with Crippen LogP contribution in [0.2, 0.25) is 0 Å². The number of hydrogen-bond donors (Lipinski definition) is 0. The van der Waals surface area contributed by atoms with Crippen molar-refractivity contribution >= 4 is 18.4 Å². The zero-order valence-electron chi connectivity index (χ0n) is 10.0. The highest BCUT2D eigenvalue weighted by molar-refractivity contribution is 5.85. The van der Waals surface area contributed by atoms with Gasteiger partial charge in [-0.25, -0.2) is 0 Å². The molecule has 0 N–H and O–H groups in total. The van der Waals surface area contributed by atoms with Gasteiger partial charge in [0.05, 0.1) is 0 Å². The van der Waals surface area contributed by atoms with Crippen LogP contribution in [0.4, 0.5) is 0 Å². The Kier molecular flexibility index (Phi) is 5.45. The maximum atomic E-state index is 10.6. The minimum Gasteiger partial charge on any atom is -0.465 e. The second-order valence-electron chi connectivity index (χ2n) is 4.13. The lowest BCUT2D eigenvalue weighted by Gasteiger charge is -2.28. The van der Waals surface area contributed by atoms with Crippen molar-refractivity contribution in [1.82, 2.24) is 4.90 Å². The van der Waals surface area contributed by atoms with E-state index in [0.29, 0.717) is 6.61 Å². The SMILES string of the molecule is CC(=O)OCCN1CCc2ccccc2C1.Cl. The van der Waals surface area contributed by atoms with E-state index in [-0.39, 0.29) is 18.4 Å². The zero-order chi connectivity index (χ0) is 11.4. The first-order valence-electron chi connectivity index (χ1n) is 5.68. The summed E-state index contributed by atoms with van der Waals surface area (Å²) in [7, 11) is 0. The van der Waals surface area contributed by atoms with Gasteiger partial charge in [-0.15, -0.1) is 12.4 Å². The first kappa shape index (κ1) is 14.0. The predicted molar refractivity (Wildman–Crippen MR) is 69.3 cm³/mol. The molecule has 0 bridgehead atoms. The Hall–Kier alpha value is -1.06. The predicted octanol–water partition coefficient (Wildman–Crippen LogP) is 2.03. The van der Waals surface area contributed by atoms with E-state index in [0.717, 1.165) is 26.1 Å². The molecule has 1 heterocycles. The van der Waals surface area contributed by atoms with Crippen molar-refractivity contribution in [2.24, 2.45) is 0 Å². The van der Waals surface area contributed by atoms with E-state index in [1.807, 2.05) is 0 Å². The first-order chi connectivity index (χ1) is 7.75. The van der Waals surface area contributed by atoms with Crippen LogP contribution in [0.5, 0.6) is 0 Å². The lowest BCUT2D eigenvalue weighted by molar-refractivity contribution is -0.141. The van der Waals surface area contributed by atoms with Gasteiger partial charge in [0.1, 0.15) is 6.61 Å². The number of carbonyl (C=O) groups excluding carboxylic acids is 1. The standard InChI is InChI=1S/C13H17NO2.ClH/c1-11(15)16-9-8-14-7-6-12-4-2-3-5-13(12)10-14;/h2-5H,6-10H2,1H3;1H. The molecular weight excluding hydrogens is 238 g/mol. The molecule has 0 saturated carbocycles. The summed E-state index contributed by atoms with van der Waals surface area (Å²) in [5, 5.41) is 0. The monoisotopic (exact) mass is 255 g/mol. The maximum Gasteiger partial charge on any atom is 0.302 e. The van der Waals surface area contributed by atoms with Crippen molar-refractivity contribution in [1.29, 1.82) is 0 Å². The minimum atomic E-state index is -0.197. The number of hydrogen-bond acceptors (Lipinski definition) is 3. The number of carbonyl (C=O) groups is 1. The summed E-state index contributed by atoms with van der Waals surface area (Å²) in [6, 6.07) is 8.54. The molecule has 0 fully saturated rings. The van der Waals surface area contributed by atoms with E-state index in [1.165, 1.54) is 18.1 Å². The van der Waals surface area contributed by atoms with Gasteiger partial charge in [0.25, 0.3) is 0 Å². The quantitative estimate of drug-likeness (QED) is 0.774. The maximum absolute atomic E-state index is 10.6. The highest BCUT2D eigenvalue weighted by Gasteiger charge is 2.15. The Morgan fingerprint density at radius 2 is 2.06 bits per heavy atom. The minimum absolute atomic E-state index is 0. The second kappa shape index (κ2) is 6.62. The van der Waals surface area contributed by atoms with Gasteiger partial charge in [-0.05, 0) is 17.5 Å². The Morgan fingerprint density at radius 3 is 2.76 bits per heavy atom. The van der Waals surface area contributed by atoms with Gasteiger partial charge in [0, 0.05) is 26.6 Å². The smallest absolute Gasteiger partial charge is 0.302 e. The number of rotatable bonds is 3. The molecule has 0 unspecified atom stereocenters. The lowest BCUT2D eigenvalue weighted by atomic mass is 10.0. The van der Waals surface area contributed by atoms with Crippen molar-refractivity contribution in [3.63, 3.8) is 0 Å². The fraction of sp³-hybridized carbons (Fsp3) is 0.462. The highest BCUT2D eigenvalue weighted by Crippen LogP contribution is 2.17. The van der Waals surface area contributed by atoms with Gasteiger partial charge in [-0.2, -0.15) is 0 Å². The van der Waals surface area contributed by atoms with Crippen LogP contribution in [0.3, 0.4) is 0 Å². The molecule has 0 spiro atoms. The number of nitrogens with zero attached hydrogens (tertiary/aromatic N) is 1. The number of halogens is 1. The summed E-state index contributed by atoms with van der Waals surface area (Å²) in [6.07, 6.45) is 1.09. The van der Waals surface area contributed by atoms with Crippen LogP contribution in [-0.2, 0) is 22.5 Å². The van der Waals surface area contributed by atoms with Crippen LogP contribution in [0.1, 0.15) is 18.1 Å². The van der Waals surface area contributed by atoms with E-state index in [2.05, 4.69) is 29.2 Å². The summed E-state index contributed by atoms with van der Waals surface area (Å²) in [4.78, 5) is 13.0. The molecule has 0 aliphatic carbocycles.